The molecule has 5 nitrogen and oxygen atoms in total. The molecule has 0 aromatic heterocycles. The predicted octanol–water partition coefficient (Wildman–Crippen LogP) is 2.44. The summed E-state index contributed by atoms with van der Waals surface area (Å²) in [5.41, 5.74) is 0. The molecule has 0 radical (unpaired) electrons. The fourth-order valence-electron chi connectivity index (χ4n) is 1.58. The Kier molecular flexibility index (Phi) is 5.29. The smallest absolute Gasteiger partial charge is 0.453 e. The summed E-state index contributed by atoms with van der Waals surface area (Å²) < 4.78 is 18.2. The molecule has 0 atom stereocenters. The summed E-state index contributed by atoms with van der Waals surface area (Å²) in [6.45, 7) is 4.00. The zero-order valence-corrected chi connectivity index (χ0v) is 12.3. The van der Waals surface area contributed by atoms with Crippen molar-refractivity contribution in [2.75, 3.05) is 0 Å². The van der Waals surface area contributed by atoms with Crippen molar-refractivity contribution in [1.29, 1.82) is 0 Å². The minimum absolute atomic E-state index is 0.0600. The Labute approximate surface area is 123 Å². The summed E-state index contributed by atoms with van der Waals surface area (Å²) in [4.78, 5) is 0. The second kappa shape index (κ2) is 6.36. The molecule has 4 N–H and O–H groups in total. The molecule has 0 aliphatic rings. The van der Waals surface area contributed by atoms with Crippen molar-refractivity contribution in [2.45, 2.75) is 20.0 Å². The zero-order chi connectivity index (χ0) is 15.5. The van der Waals surface area contributed by atoms with Crippen LogP contribution in [0.4, 0.5) is 4.39 Å². The average molecular weight is 349 g/mol. The maximum absolute atomic E-state index is 13.6. The van der Waals surface area contributed by atoms with E-state index in [1.807, 2.05) is 13.8 Å². The monoisotopic (exact) mass is 348 g/mol. The van der Waals surface area contributed by atoms with Gasteiger partial charge >= 0.3 is 6.16 Å². The Morgan fingerprint density at radius 2 is 1.75 bits per heavy atom. The van der Waals surface area contributed by atoms with Crippen LogP contribution in [-0.2, 0) is 0 Å². The van der Waals surface area contributed by atoms with Crippen LogP contribution in [0.1, 0.15) is 13.8 Å². The Bertz CT molecular complexity index is 610. The SMILES string of the molecule is CC.Oc1cc(Br)c2c(OC(O)(O)O)c(F)ccc2c1. The number of hydrogen-bond donors (Lipinski definition) is 4. The molecule has 0 bridgehead atoms. The number of halogens is 2. The van der Waals surface area contributed by atoms with E-state index in [0.717, 1.165) is 6.07 Å². The van der Waals surface area contributed by atoms with E-state index in [1.54, 1.807) is 0 Å². The lowest BCUT2D eigenvalue weighted by Crippen LogP contribution is -2.35. The number of rotatable bonds is 2. The molecular weight excluding hydrogens is 335 g/mol. The van der Waals surface area contributed by atoms with Gasteiger partial charge in [-0.3, -0.25) is 0 Å². The van der Waals surface area contributed by atoms with Crippen molar-refractivity contribution in [1.82, 2.24) is 0 Å². The average Bonchev–Trinajstić information content (AvgIpc) is 2.33. The maximum atomic E-state index is 13.6. The third kappa shape index (κ3) is 3.80. The number of aliphatic hydroxyl groups is 3. The lowest BCUT2D eigenvalue weighted by atomic mass is 10.1. The third-order valence-electron chi connectivity index (χ3n) is 2.20. The van der Waals surface area contributed by atoms with Crippen molar-refractivity contribution in [3.8, 4) is 11.5 Å². The first-order valence-electron chi connectivity index (χ1n) is 5.75. The van der Waals surface area contributed by atoms with E-state index >= 15 is 0 Å². The standard InChI is InChI=1S/C11H8BrFO5.C2H6/c12-7-4-6(14)3-5-1-2-8(13)10(9(5)7)18-11(15,16)17;1-2/h1-4,14-17H;1-2H3. The molecule has 0 spiro atoms. The van der Waals surface area contributed by atoms with Gasteiger partial charge in [0.2, 0.25) is 0 Å². The molecule has 0 aliphatic heterocycles. The summed E-state index contributed by atoms with van der Waals surface area (Å²) in [5.74, 6) is -1.50. The van der Waals surface area contributed by atoms with Gasteiger partial charge in [-0.05, 0) is 39.5 Å². The van der Waals surface area contributed by atoms with Gasteiger partial charge in [-0.1, -0.05) is 19.9 Å². The molecule has 2 aromatic rings. The van der Waals surface area contributed by atoms with Crippen LogP contribution >= 0.6 is 15.9 Å². The number of ether oxygens (including phenoxy) is 1. The maximum Gasteiger partial charge on any atom is 0.453 e. The molecule has 0 heterocycles. The van der Waals surface area contributed by atoms with Crippen molar-refractivity contribution >= 4 is 26.7 Å². The number of phenolic OH excluding ortho intramolecular Hbond substituents is 1. The highest BCUT2D eigenvalue weighted by Crippen LogP contribution is 2.38. The molecule has 0 fully saturated rings. The lowest BCUT2D eigenvalue weighted by Gasteiger charge is -2.18. The Balaban J connectivity index is 0.000000956. The second-order valence-electron chi connectivity index (χ2n) is 3.58. The summed E-state index contributed by atoms with van der Waals surface area (Å²) in [7, 11) is 0. The minimum Gasteiger partial charge on any atom is -0.508 e. The Hall–Kier alpha value is -1.41. The summed E-state index contributed by atoms with van der Waals surface area (Å²) in [6, 6.07) is 4.99. The van der Waals surface area contributed by atoms with Crippen LogP contribution in [0.2, 0.25) is 0 Å². The number of benzene rings is 2. The van der Waals surface area contributed by atoms with Crippen LogP contribution in [0, 0.1) is 5.82 Å². The highest BCUT2D eigenvalue weighted by atomic mass is 79.9. The van der Waals surface area contributed by atoms with Crippen molar-refractivity contribution < 1.29 is 29.6 Å². The fraction of sp³-hybridized carbons (Fsp3) is 0.231. The van der Waals surface area contributed by atoms with E-state index in [2.05, 4.69) is 20.7 Å². The lowest BCUT2D eigenvalue weighted by molar-refractivity contribution is -0.419. The minimum atomic E-state index is -3.49. The quantitative estimate of drug-likeness (QED) is 0.626. The van der Waals surface area contributed by atoms with Gasteiger partial charge in [-0.25, -0.2) is 4.39 Å². The first-order chi connectivity index (χ1) is 9.28. The summed E-state index contributed by atoms with van der Waals surface area (Å²) in [6.07, 6.45) is -3.49. The molecule has 110 valence electrons. The highest BCUT2D eigenvalue weighted by molar-refractivity contribution is 9.10. The number of hydrogen-bond acceptors (Lipinski definition) is 5. The fourth-order valence-corrected chi connectivity index (χ4v) is 2.22. The van der Waals surface area contributed by atoms with Crippen LogP contribution in [0.25, 0.3) is 10.8 Å². The first-order valence-corrected chi connectivity index (χ1v) is 6.54. The molecule has 0 unspecified atom stereocenters. The van der Waals surface area contributed by atoms with Gasteiger partial charge in [0.25, 0.3) is 0 Å². The van der Waals surface area contributed by atoms with Gasteiger partial charge in [0.15, 0.2) is 11.6 Å². The van der Waals surface area contributed by atoms with Crippen LogP contribution in [0.3, 0.4) is 0 Å². The number of fused-ring (bicyclic) bond motifs is 1. The van der Waals surface area contributed by atoms with Crippen LogP contribution in [-0.4, -0.2) is 26.6 Å². The molecule has 20 heavy (non-hydrogen) atoms. The van der Waals surface area contributed by atoms with Gasteiger partial charge in [-0.2, -0.15) is 0 Å². The van der Waals surface area contributed by atoms with Crippen LogP contribution < -0.4 is 4.74 Å². The molecule has 7 heteroatoms. The molecule has 0 saturated carbocycles. The van der Waals surface area contributed by atoms with Gasteiger partial charge in [0, 0.05) is 9.86 Å². The van der Waals surface area contributed by atoms with E-state index < -0.39 is 17.7 Å². The van der Waals surface area contributed by atoms with E-state index in [9.17, 15) is 9.50 Å². The molecule has 0 amide bonds. The van der Waals surface area contributed by atoms with Gasteiger partial charge in [0.05, 0.1) is 0 Å². The normalized spacial score (nSPS) is 10.9. The second-order valence-corrected chi connectivity index (χ2v) is 4.43. The highest BCUT2D eigenvalue weighted by Gasteiger charge is 2.25. The molecular formula is C13H14BrFO5. The third-order valence-corrected chi connectivity index (χ3v) is 2.82. The van der Waals surface area contributed by atoms with Crippen molar-refractivity contribution in [2.24, 2.45) is 0 Å². The van der Waals surface area contributed by atoms with E-state index in [4.69, 9.17) is 15.3 Å². The summed E-state index contributed by atoms with van der Waals surface area (Å²) >= 11 is 3.09. The first kappa shape index (κ1) is 16.6. The zero-order valence-electron chi connectivity index (χ0n) is 10.8. The van der Waals surface area contributed by atoms with Gasteiger partial charge in [0.1, 0.15) is 5.75 Å². The van der Waals surface area contributed by atoms with E-state index in [1.165, 1.54) is 18.2 Å². The van der Waals surface area contributed by atoms with Gasteiger partial charge in [-0.15, -0.1) is 0 Å². The largest absolute Gasteiger partial charge is 0.508 e. The summed E-state index contributed by atoms with van der Waals surface area (Å²) in [5, 5.41) is 36.2. The van der Waals surface area contributed by atoms with Gasteiger partial charge < -0.3 is 25.2 Å². The predicted molar refractivity (Wildman–Crippen MR) is 74.6 cm³/mol. The molecule has 2 aromatic carbocycles. The number of phenols is 1. The van der Waals surface area contributed by atoms with E-state index in [-0.39, 0.29) is 15.6 Å². The van der Waals surface area contributed by atoms with Crippen LogP contribution in [0.5, 0.6) is 11.5 Å². The van der Waals surface area contributed by atoms with Crippen molar-refractivity contribution in [3.05, 3.63) is 34.6 Å². The Morgan fingerprint density at radius 1 is 1.15 bits per heavy atom. The molecule has 2 rings (SSSR count). The molecule has 0 saturated heterocycles. The molecule has 0 aliphatic carbocycles. The number of aromatic hydroxyl groups is 1. The van der Waals surface area contributed by atoms with Crippen LogP contribution in [0.15, 0.2) is 28.7 Å². The van der Waals surface area contributed by atoms with Crippen molar-refractivity contribution in [3.63, 3.8) is 0 Å². The Morgan fingerprint density at radius 3 is 2.30 bits per heavy atom. The van der Waals surface area contributed by atoms with E-state index in [0.29, 0.717) is 5.39 Å². The topological polar surface area (TPSA) is 90.2 Å².